The van der Waals surface area contributed by atoms with Gasteiger partial charge in [0.15, 0.2) is 0 Å². The molecule has 9 nitrogen and oxygen atoms in total. The van der Waals surface area contributed by atoms with Crippen LogP contribution in [0.3, 0.4) is 0 Å². The van der Waals surface area contributed by atoms with Crippen LogP contribution in [0.15, 0.2) is 18.2 Å². The van der Waals surface area contributed by atoms with Crippen LogP contribution in [0.25, 0.3) is 0 Å². The van der Waals surface area contributed by atoms with Crippen molar-refractivity contribution in [1.82, 2.24) is 25.1 Å². The summed E-state index contributed by atoms with van der Waals surface area (Å²) < 4.78 is 80.7. The minimum atomic E-state index is -5.00. The number of hydrogen-bond acceptors (Lipinski definition) is 6. The van der Waals surface area contributed by atoms with E-state index in [0.29, 0.717) is 25.0 Å². The minimum Gasteiger partial charge on any atom is -0.465 e. The molecule has 206 valence electrons. The topological polar surface area (TPSA) is 108 Å². The Morgan fingerprint density at radius 2 is 1.57 bits per heavy atom. The van der Waals surface area contributed by atoms with Gasteiger partial charge >= 0.3 is 18.4 Å². The van der Waals surface area contributed by atoms with Gasteiger partial charge in [-0.05, 0) is 54.7 Å². The summed E-state index contributed by atoms with van der Waals surface area (Å²) in [5.74, 6) is -0.0436. The van der Waals surface area contributed by atoms with Crippen LogP contribution in [0, 0.1) is 0 Å². The molecule has 0 aliphatic carbocycles. The van der Waals surface area contributed by atoms with Crippen LogP contribution < -0.4 is 4.90 Å². The van der Waals surface area contributed by atoms with Crippen LogP contribution in [0.1, 0.15) is 56.2 Å². The van der Waals surface area contributed by atoms with Crippen molar-refractivity contribution < 1.29 is 41.4 Å². The number of halogens is 6. The third kappa shape index (κ3) is 6.62. The minimum absolute atomic E-state index is 0.0186. The molecule has 1 saturated heterocycles. The highest BCUT2D eigenvalue weighted by Crippen LogP contribution is 2.38. The fourth-order valence-electron chi connectivity index (χ4n) is 4.75. The molecule has 2 unspecified atom stereocenters. The number of nitrogens with zero attached hydrogens (tertiary/aromatic N) is 6. The lowest BCUT2D eigenvalue weighted by Gasteiger charge is -2.46. The first-order valence-electron chi connectivity index (χ1n) is 11.7. The predicted molar refractivity (Wildman–Crippen MR) is 119 cm³/mol. The Bertz CT molecular complexity index is 1030. The first kappa shape index (κ1) is 28.5. The van der Waals surface area contributed by atoms with Gasteiger partial charge in [0.2, 0.25) is 0 Å². The van der Waals surface area contributed by atoms with Crippen molar-refractivity contribution in [2.24, 2.45) is 0 Å². The third-order valence-electron chi connectivity index (χ3n) is 6.48. The molecule has 0 radical (unpaired) electrons. The maximum absolute atomic E-state index is 13.4. The van der Waals surface area contributed by atoms with Crippen LogP contribution in [-0.4, -0.2) is 66.1 Å². The molecule has 2 atom stereocenters. The normalized spacial score (nSPS) is 20.8. The van der Waals surface area contributed by atoms with Gasteiger partial charge in [0.1, 0.15) is 0 Å². The summed E-state index contributed by atoms with van der Waals surface area (Å²) in [6, 6.07) is 0.0193. The number of alkyl halides is 6. The maximum Gasteiger partial charge on any atom is 0.416 e. The molecule has 0 bridgehead atoms. The van der Waals surface area contributed by atoms with E-state index >= 15 is 0 Å². The standard InChI is InChI=1S/C22H28F6N6O3/c1-3-16-10-18(11-17(4-2)34(16)20(36)37)32(19-29-31-33(30-19)5-6-35)12-13-7-14(21(23,24)25)9-15(8-13)22(26,27)28/h7-9,16-18,35H,3-6,10-12H2,1-2H3,(H,36,37). The zero-order valence-corrected chi connectivity index (χ0v) is 20.2. The quantitative estimate of drug-likeness (QED) is 0.480. The SMILES string of the molecule is CCC1CC(N(Cc2cc(C(F)(F)F)cc(C(F)(F)F)c2)c2nnn(CCO)n2)CC(CC)N1C(=O)O. The number of likely N-dealkylation sites (tertiary alicyclic amines) is 1. The molecule has 0 saturated carbocycles. The molecule has 2 heterocycles. The molecule has 1 aromatic heterocycles. The van der Waals surface area contributed by atoms with Gasteiger partial charge < -0.3 is 20.0 Å². The fraction of sp³-hybridized carbons (Fsp3) is 0.636. The lowest BCUT2D eigenvalue weighted by atomic mass is 9.87. The fourth-order valence-corrected chi connectivity index (χ4v) is 4.75. The zero-order valence-electron chi connectivity index (χ0n) is 20.2. The molecule has 2 aromatic rings. The highest BCUT2D eigenvalue weighted by Gasteiger charge is 2.41. The molecule has 1 aromatic carbocycles. The number of anilines is 1. The molecule has 2 N–H and O–H groups in total. The van der Waals surface area contributed by atoms with Gasteiger partial charge in [0.25, 0.3) is 5.95 Å². The molecule has 1 fully saturated rings. The van der Waals surface area contributed by atoms with Gasteiger partial charge in [-0.2, -0.15) is 31.1 Å². The lowest BCUT2D eigenvalue weighted by Crippen LogP contribution is -2.56. The third-order valence-corrected chi connectivity index (χ3v) is 6.48. The Morgan fingerprint density at radius 3 is 2.00 bits per heavy atom. The first-order valence-corrected chi connectivity index (χ1v) is 11.7. The lowest BCUT2D eigenvalue weighted by molar-refractivity contribution is -0.143. The van der Waals surface area contributed by atoms with Gasteiger partial charge in [-0.1, -0.05) is 18.9 Å². The van der Waals surface area contributed by atoms with Gasteiger partial charge in [0.05, 0.1) is 24.3 Å². The number of aliphatic hydroxyl groups is 1. The van der Waals surface area contributed by atoms with E-state index in [1.807, 2.05) is 0 Å². The summed E-state index contributed by atoms with van der Waals surface area (Å²) in [4.78, 5) is 15.8. The highest BCUT2D eigenvalue weighted by molar-refractivity contribution is 5.66. The monoisotopic (exact) mass is 538 g/mol. The molecular weight excluding hydrogens is 510 g/mol. The second-order valence-electron chi connectivity index (χ2n) is 8.89. The van der Waals surface area contributed by atoms with E-state index in [0.717, 1.165) is 4.80 Å². The van der Waals surface area contributed by atoms with Crippen LogP contribution in [0.2, 0.25) is 0 Å². The molecular formula is C22H28F6N6O3. The van der Waals surface area contributed by atoms with Gasteiger partial charge in [-0.3, -0.25) is 0 Å². The van der Waals surface area contributed by atoms with Crippen molar-refractivity contribution in [2.45, 2.75) is 83.1 Å². The Morgan fingerprint density at radius 1 is 1.03 bits per heavy atom. The van der Waals surface area contributed by atoms with E-state index in [4.69, 9.17) is 5.11 Å². The number of rotatable bonds is 8. The smallest absolute Gasteiger partial charge is 0.416 e. The van der Waals surface area contributed by atoms with Crippen molar-refractivity contribution in [1.29, 1.82) is 0 Å². The van der Waals surface area contributed by atoms with E-state index in [1.54, 1.807) is 13.8 Å². The van der Waals surface area contributed by atoms with Crippen molar-refractivity contribution in [3.05, 3.63) is 34.9 Å². The summed E-state index contributed by atoms with van der Waals surface area (Å²) in [6.07, 6.45) is -9.66. The van der Waals surface area contributed by atoms with Crippen LogP contribution in [0.5, 0.6) is 0 Å². The first-order chi connectivity index (χ1) is 17.3. The van der Waals surface area contributed by atoms with Crippen LogP contribution >= 0.6 is 0 Å². The molecule has 1 aliphatic heterocycles. The molecule has 15 heteroatoms. The summed E-state index contributed by atoms with van der Waals surface area (Å²) in [7, 11) is 0. The number of aromatic nitrogens is 4. The van der Waals surface area contributed by atoms with Crippen LogP contribution in [0.4, 0.5) is 37.1 Å². The predicted octanol–water partition coefficient (Wildman–Crippen LogP) is 4.41. The van der Waals surface area contributed by atoms with E-state index < -0.39 is 54.2 Å². The number of carbonyl (C=O) groups is 1. The van der Waals surface area contributed by atoms with Crippen molar-refractivity contribution in [2.75, 3.05) is 11.5 Å². The van der Waals surface area contributed by atoms with E-state index in [2.05, 4.69) is 15.4 Å². The Labute approximate surface area is 208 Å². The number of tetrazole rings is 1. The molecule has 1 amide bonds. The molecule has 0 spiro atoms. The average molecular weight is 538 g/mol. The number of piperidine rings is 1. The summed E-state index contributed by atoms with van der Waals surface area (Å²) in [5, 5.41) is 30.8. The Hall–Kier alpha value is -3.10. The average Bonchev–Trinajstić information content (AvgIpc) is 3.28. The van der Waals surface area contributed by atoms with Crippen molar-refractivity contribution in [3.63, 3.8) is 0 Å². The Kier molecular flexibility index (Phi) is 8.55. The van der Waals surface area contributed by atoms with Gasteiger partial charge in [-0.15, -0.1) is 5.10 Å². The molecule has 1 aliphatic rings. The summed E-state index contributed by atoms with van der Waals surface area (Å²) >= 11 is 0. The zero-order chi connectivity index (χ0) is 27.5. The maximum atomic E-state index is 13.4. The Balaban J connectivity index is 2.07. The number of benzene rings is 1. The number of hydrogen-bond donors (Lipinski definition) is 2. The second kappa shape index (κ2) is 11.1. The summed E-state index contributed by atoms with van der Waals surface area (Å²) in [5.41, 5.74) is -3.14. The largest absolute Gasteiger partial charge is 0.465 e. The highest BCUT2D eigenvalue weighted by atomic mass is 19.4. The summed E-state index contributed by atoms with van der Waals surface area (Å²) in [6.45, 7) is 2.87. The van der Waals surface area contributed by atoms with E-state index in [1.165, 1.54) is 9.80 Å². The number of aliphatic hydroxyl groups excluding tert-OH is 1. The van der Waals surface area contributed by atoms with E-state index in [9.17, 15) is 36.2 Å². The number of amides is 1. The van der Waals surface area contributed by atoms with Gasteiger partial charge in [0, 0.05) is 24.7 Å². The molecule has 3 rings (SSSR count). The van der Waals surface area contributed by atoms with Crippen molar-refractivity contribution >= 4 is 12.0 Å². The van der Waals surface area contributed by atoms with Crippen molar-refractivity contribution in [3.8, 4) is 0 Å². The number of carboxylic acid groups (broad SMARTS) is 1. The van der Waals surface area contributed by atoms with Gasteiger partial charge in [-0.25, -0.2) is 4.79 Å². The van der Waals surface area contributed by atoms with Crippen LogP contribution in [-0.2, 0) is 25.4 Å². The van der Waals surface area contributed by atoms with E-state index in [-0.39, 0.29) is 43.6 Å². The molecule has 37 heavy (non-hydrogen) atoms. The second-order valence-corrected chi connectivity index (χ2v) is 8.89.